The molecule has 3 heteroatoms. The van der Waals surface area contributed by atoms with Crippen LogP contribution in [0, 0.1) is 0 Å². The Labute approximate surface area is 203 Å². The molecule has 33 heavy (non-hydrogen) atoms. The van der Waals surface area contributed by atoms with Crippen LogP contribution in [0.4, 0.5) is 0 Å². The summed E-state index contributed by atoms with van der Waals surface area (Å²) in [5.41, 5.74) is 4.12. The van der Waals surface area contributed by atoms with Crippen molar-refractivity contribution in [1.82, 2.24) is 0 Å². The number of hydrogen-bond donors (Lipinski definition) is 0. The van der Waals surface area contributed by atoms with Gasteiger partial charge in [0.2, 0.25) is 0 Å². The molecular formula is C30H43O2P. The first-order valence-electron chi connectivity index (χ1n) is 13.6. The van der Waals surface area contributed by atoms with Crippen LogP contribution in [0.15, 0.2) is 42.5 Å². The molecule has 0 bridgehead atoms. The third kappa shape index (κ3) is 6.13. The Morgan fingerprint density at radius 3 is 1.85 bits per heavy atom. The zero-order valence-corrected chi connectivity index (χ0v) is 21.8. The topological polar surface area (TPSA) is 18.5 Å². The molecule has 0 N–H and O–H groups in total. The minimum Gasteiger partial charge on any atom is -0.493 e. The lowest BCUT2D eigenvalue weighted by atomic mass is 9.99. The van der Waals surface area contributed by atoms with Crippen LogP contribution in [0.1, 0.15) is 90.9 Å². The van der Waals surface area contributed by atoms with Gasteiger partial charge in [-0.25, -0.2) is 0 Å². The molecule has 2 fully saturated rings. The minimum absolute atomic E-state index is 0.242. The molecule has 180 valence electrons. The molecule has 2 aliphatic carbocycles. The molecule has 0 unspecified atom stereocenters. The summed E-state index contributed by atoms with van der Waals surface area (Å²) in [6.07, 6.45) is 16.1. The van der Waals surface area contributed by atoms with Crippen molar-refractivity contribution >= 4 is 13.2 Å². The maximum atomic E-state index is 6.69. The van der Waals surface area contributed by atoms with Gasteiger partial charge in [-0.3, -0.25) is 0 Å². The average Bonchev–Trinajstić information content (AvgIpc) is 2.88. The fourth-order valence-corrected chi connectivity index (χ4v) is 9.61. The van der Waals surface area contributed by atoms with Crippen LogP contribution in [0.25, 0.3) is 11.1 Å². The van der Waals surface area contributed by atoms with E-state index in [1.807, 2.05) is 0 Å². The van der Waals surface area contributed by atoms with Gasteiger partial charge in [0.25, 0.3) is 0 Å². The zero-order valence-electron chi connectivity index (χ0n) is 20.9. The minimum atomic E-state index is -0.242. The molecule has 0 radical (unpaired) electrons. The third-order valence-electron chi connectivity index (χ3n) is 7.29. The van der Waals surface area contributed by atoms with E-state index in [4.69, 9.17) is 9.47 Å². The molecule has 0 aromatic heterocycles. The maximum Gasteiger partial charge on any atom is 0.138 e. The highest BCUT2D eigenvalue weighted by Crippen LogP contribution is 2.57. The van der Waals surface area contributed by atoms with Gasteiger partial charge < -0.3 is 9.47 Å². The van der Waals surface area contributed by atoms with E-state index in [1.165, 1.54) is 80.6 Å². The fourth-order valence-electron chi connectivity index (χ4n) is 5.73. The van der Waals surface area contributed by atoms with Crippen LogP contribution >= 0.6 is 7.92 Å². The van der Waals surface area contributed by atoms with Crippen LogP contribution < -0.4 is 14.8 Å². The third-order valence-corrected chi connectivity index (χ3v) is 10.8. The Balaban J connectivity index is 1.85. The summed E-state index contributed by atoms with van der Waals surface area (Å²) in [5, 5.41) is 1.53. The highest BCUT2D eigenvalue weighted by Gasteiger charge is 2.35. The quantitative estimate of drug-likeness (QED) is 0.326. The van der Waals surface area contributed by atoms with E-state index in [2.05, 4.69) is 56.3 Å². The number of ether oxygens (including phenoxy) is 2. The van der Waals surface area contributed by atoms with Gasteiger partial charge in [0.05, 0.1) is 18.8 Å². The summed E-state index contributed by atoms with van der Waals surface area (Å²) in [7, 11) is -0.242. The van der Waals surface area contributed by atoms with E-state index in [9.17, 15) is 0 Å². The Morgan fingerprint density at radius 1 is 0.697 bits per heavy atom. The Bertz CT molecular complexity index is 820. The summed E-state index contributed by atoms with van der Waals surface area (Å²) < 4.78 is 13.0. The van der Waals surface area contributed by atoms with Crippen LogP contribution in [0.5, 0.6) is 11.5 Å². The van der Waals surface area contributed by atoms with Gasteiger partial charge in [-0.2, -0.15) is 0 Å². The second-order valence-corrected chi connectivity index (χ2v) is 12.6. The highest BCUT2D eigenvalue weighted by molar-refractivity contribution is 7.67. The first kappa shape index (κ1) is 24.6. The van der Waals surface area contributed by atoms with Crippen molar-refractivity contribution in [2.75, 3.05) is 13.2 Å². The number of hydrogen-bond acceptors (Lipinski definition) is 2. The maximum absolute atomic E-state index is 6.69. The molecular weight excluding hydrogens is 423 g/mol. The second kappa shape index (κ2) is 12.8. The first-order valence-corrected chi connectivity index (χ1v) is 15.1. The molecule has 2 nitrogen and oxygen atoms in total. The van der Waals surface area contributed by atoms with E-state index in [0.717, 1.165) is 48.9 Å². The summed E-state index contributed by atoms with van der Waals surface area (Å²) in [5.74, 6) is 2.12. The number of rotatable bonds is 10. The lowest BCUT2D eigenvalue weighted by Gasteiger charge is -2.39. The smallest absolute Gasteiger partial charge is 0.138 e. The molecule has 0 amide bonds. The van der Waals surface area contributed by atoms with Crippen molar-refractivity contribution in [1.29, 1.82) is 0 Å². The van der Waals surface area contributed by atoms with Gasteiger partial charge in [-0.1, -0.05) is 90.6 Å². The largest absolute Gasteiger partial charge is 0.493 e. The molecule has 0 atom stereocenters. The standard InChI is InChI=1S/C30H43O2P/c1-3-22-31-27-20-21-28(30(32-23-4-2)29(27)24-14-8-5-9-15-24)33(25-16-10-6-11-17-25)26-18-12-7-13-19-26/h5,8-9,14-15,20-21,25-26H,3-4,6-7,10-13,16-19,22-23H2,1-2H3. The van der Waals surface area contributed by atoms with E-state index in [1.54, 1.807) is 0 Å². The second-order valence-electron chi connectivity index (χ2n) is 9.84. The van der Waals surface area contributed by atoms with Gasteiger partial charge in [-0.05, 0) is 67.5 Å². The Kier molecular flexibility index (Phi) is 9.54. The molecule has 2 aromatic rings. The van der Waals surface area contributed by atoms with E-state index >= 15 is 0 Å². The van der Waals surface area contributed by atoms with Crippen molar-refractivity contribution in [3.05, 3.63) is 42.5 Å². The van der Waals surface area contributed by atoms with E-state index in [-0.39, 0.29) is 7.92 Å². The predicted molar refractivity (Wildman–Crippen MR) is 144 cm³/mol. The first-order chi connectivity index (χ1) is 16.3. The van der Waals surface area contributed by atoms with Crippen LogP contribution in [0.3, 0.4) is 0 Å². The van der Waals surface area contributed by atoms with Gasteiger partial charge >= 0.3 is 0 Å². The van der Waals surface area contributed by atoms with Crippen LogP contribution in [-0.4, -0.2) is 24.5 Å². The summed E-state index contributed by atoms with van der Waals surface area (Å²) in [6, 6.07) is 15.5. The molecule has 0 saturated heterocycles. The van der Waals surface area contributed by atoms with Crippen molar-refractivity contribution in [3.63, 3.8) is 0 Å². The number of benzene rings is 2. The van der Waals surface area contributed by atoms with Gasteiger partial charge in [0, 0.05) is 5.30 Å². The molecule has 0 heterocycles. The average molecular weight is 467 g/mol. The zero-order chi connectivity index (χ0) is 22.9. The summed E-state index contributed by atoms with van der Waals surface area (Å²) in [6.45, 7) is 5.90. The van der Waals surface area contributed by atoms with Crippen LogP contribution in [0.2, 0.25) is 0 Å². The van der Waals surface area contributed by atoms with Gasteiger partial charge in [0.1, 0.15) is 11.5 Å². The molecule has 4 rings (SSSR count). The lowest BCUT2D eigenvalue weighted by Crippen LogP contribution is -2.27. The molecule has 2 aliphatic rings. The SMILES string of the molecule is CCCOc1ccc(P(C2CCCCC2)C2CCCCC2)c(OCCC)c1-c1ccccc1. The molecule has 0 spiro atoms. The summed E-state index contributed by atoms with van der Waals surface area (Å²) in [4.78, 5) is 0. The van der Waals surface area contributed by atoms with Crippen molar-refractivity contribution in [3.8, 4) is 22.6 Å². The molecule has 2 aromatic carbocycles. The normalized spacial score (nSPS) is 17.9. The predicted octanol–water partition coefficient (Wildman–Crippen LogP) is 8.70. The van der Waals surface area contributed by atoms with Crippen LogP contribution in [-0.2, 0) is 0 Å². The van der Waals surface area contributed by atoms with Crippen molar-refractivity contribution < 1.29 is 9.47 Å². The van der Waals surface area contributed by atoms with E-state index < -0.39 is 0 Å². The summed E-state index contributed by atoms with van der Waals surface area (Å²) >= 11 is 0. The van der Waals surface area contributed by atoms with Gasteiger partial charge in [0.15, 0.2) is 0 Å². The van der Waals surface area contributed by atoms with Gasteiger partial charge in [-0.15, -0.1) is 0 Å². The monoisotopic (exact) mass is 466 g/mol. The van der Waals surface area contributed by atoms with Crippen molar-refractivity contribution in [2.24, 2.45) is 0 Å². The van der Waals surface area contributed by atoms with Crippen molar-refractivity contribution in [2.45, 2.75) is 102 Å². The highest BCUT2D eigenvalue weighted by atomic mass is 31.1. The lowest BCUT2D eigenvalue weighted by molar-refractivity contribution is 0.305. The van der Waals surface area contributed by atoms with E-state index in [0.29, 0.717) is 0 Å². The molecule has 0 aliphatic heterocycles. The molecule has 2 saturated carbocycles. The Hall–Kier alpha value is -1.53. The fraction of sp³-hybridized carbons (Fsp3) is 0.600. The Morgan fingerprint density at radius 2 is 1.27 bits per heavy atom.